The van der Waals surface area contributed by atoms with Crippen molar-refractivity contribution in [1.82, 2.24) is 10.2 Å². The maximum absolute atomic E-state index is 3.61. The molecule has 0 aromatic heterocycles. The van der Waals surface area contributed by atoms with Crippen LogP contribution in [0, 0.1) is 0 Å². The van der Waals surface area contributed by atoms with Gasteiger partial charge in [0.1, 0.15) is 0 Å². The van der Waals surface area contributed by atoms with Crippen molar-refractivity contribution >= 4 is 0 Å². The van der Waals surface area contributed by atoms with Crippen LogP contribution in [0.3, 0.4) is 0 Å². The van der Waals surface area contributed by atoms with Gasteiger partial charge in [-0.05, 0) is 36.6 Å². The van der Waals surface area contributed by atoms with Gasteiger partial charge in [-0.25, -0.2) is 0 Å². The highest BCUT2D eigenvalue weighted by molar-refractivity contribution is 5.27. The second-order valence-corrected chi connectivity index (χ2v) is 6.71. The topological polar surface area (TPSA) is 15.3 Å². The van der Waals surface area contributed by atoms with Gasteiger partial charge < -0.3 is 10.2 Å². The maximum Gasteiger partial charge on any atom is 0.0208 e. The Bertz CT molecular complexity index is 371. The molecule has 0 bridgehead atoms. The minimum absolute atomic E-state index is 0.238. The van der Waals surface area contributed by atoms with Gasteiger partial charge in [0.15, 0.2) is 0 Å². The Balaban J connectivity index is 2.46. The van der Waals surface area contributed by atoms with Gasteiger partial charge in [-0.15, -0.1) is 0 Å². The first-order valence-electron chi connectivity index (χ1n) is 7.92. The van der Waals surface area contributed by atoms with Gasteiger partial charge in [0.05, 0.1) is 0 Å². The molecule has 0 amide bonds. The van der Waals surface area contributed by atoms with Gasteiger partial charge in [0.25, 0.3) is 0 Å². The summed E-state index contributed by atoms with van der Waals surface area (Å²) in [6.07, 6.45) is 0. The van der Waals surface area contributed by atoms with Crippen LogP contribution < -0.4 is 5.32 Å². The lowest BCUT2D eigenvalue weighted by atomic mass is 9.87. The monoisotopic (exact) mass is 276 g/mol. The second-order valence-electron chi connectivity index (χ2n) is 6.71. The molecule has 0 saturated carbocycles. The first kappa shape index (κ1) is 17.2. The van der Waals surface area contributed by atoms with Gasteiger partial charge in [-0.3, -0.25) is 0 Å². The minimum Gasteiger partial charge on any atom is -0.309 e. The Kier molecular flexibility index (Phi) is 6.70. The van der Waals surface area contributed by atoms with Crippen LogP contribution in [0.1, 0.15) is 52.7 Å². The second kappa shape index (κ2) is 7.80. The predicted molar refractivity (Wildman–Crippen MR) is 89.2 cm³/mol. The lowest BCUT2D eigenvalue weighted by molar-refractivity contribution is 0.270. The van der Waals surface area contributed by atoms with E-state index in [2.05, 4.69) is 76.0 Å². The third-order valence-electron chi connectivity index (χ3n) is 3.90. The quantitative estimate of drug-likeness (QED) is 0.815. The molecule has 1 unspecified atom stereocenters. The highest BCUT2D eigenvalue weighted by Crippen LogP contribution is 2.22. The van der Waals surface area contributed by atoms with Crippen LogP contribution in [0.25, 0.3) is 0 Å². The van der Waals surface area contributed by atoms with Gasteiger partial charge in [0, 0.05) is 19.1 Å². The zero-order valence-corrected chi connectivity index (χ0v) is 14.2. The van der Waals surface area contributed by atoms with E-state index in [1.807, 2.05) is 0 Å². The van der Waals surface area contributed by atoms with E-state index in [9.17, 15) is 0 Å². The fourth-order valence-electron chi connectivity index (χ4n) is 2.35. The lowest BCUT2D eigenvalue weighted by Gasteiger charge is -2.24. The van der Waals surface area contributed by atoms with Crippen molar-refractivity contribution in [1.29, 1.82) is 0 Å². The Morgan fingerprint density at radius 1 is 1.05 bits per heavy atom. The van der Waals surface area contributed by atoms with Crippen molar-refractivity contribution < 1.29 is 0 Å². The van der Waals surface area contributed by atoms with E-state index < -0.39 is 0 Å². The third-order valence-corrected chi connectivity index (χ3v) is 3.90. The summed E-state index contributed by atoms with van der Waals surface area (Å²) in [4.78, 5) is 2.46. The van der Waals surface area contributed by atoms with Crippen molar-refractivity contribution in [2.24, 2.45) is 0 Å². The Morgan fingerprint density at radius 2 is 1.60 bits per heavy atom. The molecule has 1 N–H and O–H groups in total. The van der Waals surface area contributed by atoms with Crippen molar-refractivity contribution in [2.45, 2.75) is 59.5 Å². The first-order chi connectivity index (χ1) is 9.36. The Morgan fingerprint density at radius 3 is 2.05 bits per heavy atom. The number of nitrogens with zero attached hydrogens (tertiary/aromatic N) is 1. The van der Waals surface area contributed by atoms with Crippen LogP contribution in [-0.2, 0) is 12.0 Å². The van der Waals surface area contributed by atoms with Crippen LogP contribution in [0.4, 0.5) is 0 Å². The molecule has 0 fully saturated rings. The number of hydrogen-bond donors (Lipinski definition) is 1. The molecule has 0 aliphatic carbocycles. The molecule has 2 nitrogen and oxygen atoms in total. The standard InChI is InChI=1S/C18H32N2/c1-7-20(8-2)14-15(3)19-13-16-9-11-17(12-10-16)18(4,5)6/h9-12,15,19H,7-8,13-14H2,1-6H3. The fourth-order valence-corrected chi connectivity index (χ4v) is 2.35. The molecule has 0 heterocycles. The maximum atomic E-state index is 3.61. The van der Waals surface area contributed by atoms with Crippen molar-refractivity contribution in [3.63, 3.8) is 0 Å². The zero-order valence-electron chi connectivity index (χ0n) is 14.2. The number of nitrogens with one attached hydrogen (secondary N) is 1. The molecule has 0 saturated heterocycles. The van der Waals surface area contributed by atoms with Crippen LogP contribution in [0.5, 0.6) is 0 Å². The first-order valence-corrected chi connectivity index (χ1v) is 7.92. The molecule has 1 atom stereocenters. The largest absolute Gasteiger partial charge is 0.309 e. The summed E-state index contributed by atoms with van der Waals surface area (Å²) in [5.41, 5.74) is 3.00. The van der Waals surface area contributed by atoms with E-state index in [-0.39, 0.29) is 5.41 Å². The minimum atomic E-state index is 0.238. The molecule has 0 spiro atoms. The van der Waals surface area contributed by atoms with Crippen LogP contribution >= 0.6 is 0 Å². The molecular formula is C18H32N2. The van der Waals surface area contributed by atoms with Gasteiger partial charge in [0.2, 0.25) is 0 Å². The molecule has 0 radical (unpaired) electrons. The molecule has 1 rings (SSSR count). The Hall–Kier alpha value is -0.860. The molecule has 0 aliphatic rings. The zero-order chi connectivity index (χ0) is 15.2. The summed E-state index contributed by atoms with van der Waals surface area (Å²) < 4.78 is 0. The normalized spacial score (nSPS) is 13.8. The summed E-state index contributed by atoms with van der Waals surface area (Å²) in [5, 5.41) is 3.61. The highest BCUT2D eigenvalue weighted by Gasteiger charge is 2.13. The van der Waals surface area contributed by atoms with E-state index in [1.165, 1.54) is 11.1 Å². The van der Waals surface area contributed by atoms with E-state index in [0.29, 0.717) is 6.04 Å². The Labute approximate surface area is 125 Å². The fraction of sp³-hybridized carbons (Fsp3) is 0.667. The van der Waals surface area contributed by atoms with Crippen LogP contribution in [-0.4, -0.2) is 30.6 Å². The number of hydrogen-bond acceptors (Lipinski definition) is 2. The van der Waals surface area contributed by atoms with Gasteiger partial charge in [-0.2, -0.15) is 0 Å². The summed E-state index contributed by atoms with van der Waals surface area (Å²) in [5.74, 6) is 0. The van der Waals surface area contributed by atoms with E-state index in [1.54, 1.807) is 0 Å². The average Bonchev–Trinajstić information content (AvgIpc) is 2.42. The smallest absolute Gasteiger partial charge is 0.0208 e. The number of likely N-dealkylation sites (N-methyl/N-ethyl adjacent to an activating group) is 1. The summed E-state index contributed by atoms with van der Waals surface area (Å²) in [6.45, 7) is 17.8. The molecule has 2 heteroatoms. The molecule has 20 heavy (non-hydrogen) atoms. The molecule has 0 aliphatic heterocycles. The van der Waals surface area contributed by atoms with Crippen LogP contribution in [0.2, 0.25) is 0 Å². The predicted octanol–water partition coefficient (Wildman–Crippen LogP) is 3.80. The average molecular weight is 276 g/mol. The summed E-state index contributed by atoms with van der Waals surface area (Å²) >= 11 is 0. The highest BCUT2D eigenvalue weighted by atomic mass is 15.1. The molecule has 114 valence electrons. The van der Waals surface area contributed by atoms with Crippen molar-refractivity contribution in [2.75, 3.05) is 19.6 Å². The summed E-state index contributed by atoms with van der Waals surface area (Å²) in [7, 11) is 0. The number of benzene rings is 1. The van der Waals surface area contributed by atoms with E-state index in [0.717, 1.165) is 26.2 Å². The molecule has 1 aromatic carbocycles. The SMILES string of the molecule is CCN(CC)CC(C)NCc1ccc(C(C)(C)C)cc1. The van der Waals surface area contributed by atoms with Gasteiger partial charge >= 0.3 is 0 Å². The van der Waals surface area contributed by atoms with E-state index >= 15 is 0 Å². The lowest BCUT2D eigenvalue weighted by Crippen LogP contribution is -2.38. The third kappa shape index (κ3) is 5.64. The van der Waals surface area contributed by atoms with E-state index in [4.69, 9.17) is 0 Å². The molecular weight excluding hydrogens is 244 g/mol. The van der Waals surface area contributed by atoms with Crippen molar-refractivity contribution in [3.05, 3.63) is 35.4 Å². The number of rotatable bonds is 7. The molecule has 1 aromatic rings. The van der Waals surface area contributed by atoms with Crippen molar-refractivity contribution in [3.8, 4) is 0 Å². The summed E-state index contributed by atoms with van der Waals surface area (Å²) in [6, 6.07) is 9.53. The van der Waals surface area contributed by atoms with Crippen LogP contribution in [0.15, 0.2) is 24.3 Å². The van der Waals surface area contributed by atoms with Gasteiger partial charge in [-0.1, -0.05) is 58.9 Å².